The van der Waals surface area contributed by atoms with Crippen molar-refractivity contribution in [1.29, 1.82) is 0 Å². The van der Waals surface area contributed by atoms with Crippen molar-refractivity contribution in [3.63, 3.8) is 0 Å². The number of carbonyl (C=O) groups excluding carboxylic acids is 2. The third kappa shape index (κ3) is 3.71. The molecule has 1 aromatic carbocycles. The maximum absolute atomic E-state index is 14.0. The number of amides is 2. The molecule has 1 unspecified atom stereocenters. The third-order valence-corrected chi connectivity index (χ3v) is 4.45. The summed E-state index contributed by atoms with van der Waals surface area (Å²) in [7, 11) is 0. The molecule has 0 aliphatic carbocycles. The maximum Gasteiger partial charge on any atom is 0.267 e. The lowest BCUT2D eigenvalue weighted by atomic mass is 10.0. The number of primary amides is 1. The van der Waals surface area contributed by atoms with Crippen molar-refractivity contribution in [2.45, 2.75) is 19.4 Å². The van der Waals surface area contributed by atoms with Crippen LogP contribution in [-0.2, 0) is 11.2 Å². The fraction of sp³-hybridized carbons (Fsp3) is 0.278. The van der Waals surface area contributed by atoms with Crippen LogP contribution >= 0.6 is 11.6 Å². The Morgan fingerprint density at radius 2 is 2.07 bits per heavy atom. The van der Waals surface area contributed by atoms with Crippen LogP contribution in [0.2, 0.25) is 0 Å². The number of aromatic nitrogens is 1. The van der Waals surface area contributed by atoms with Crippen LogP contribution in [0.15, 0.2) is 24.3 Å². The summed E-state index contributed by atoms with van der Waals surface area (Å²) < 4.78 is 32.7. The van der Waals surface area contributed by atoms with Gasteiger partial charge in [0.1, 0.15) is 35.5 Å². The lowest BCUT2D eigenvalue weighted by molar-refractivity contribution is -0.117. The molecular formula is C18H16ClF2N3O3. The smallest absolute Gasteiger partial charge is 0.267 e. The average Bonchev–Trinajstić information content (AvgIpc) is 2.62. The number of pyridine rings is 1. The van der Waals surface area contributed by atoms with Crippen LogP contribution in [0, 0.1) is 11.6 Å². The highest BCUT2D eigenvalue weighted by molar-refractivity contribution is 6.29. The number of carbonyl (C=O) groups is 2. The lowest BCUT2D eigenvalue weighted by Gasteiger charge is -2.34. The second kappa shape index (κ2) is 7.48. The molecule has 2 aromatic rings. The average molecular weight is 396 g/mol. The number of fused-ring (bicyclic) bond motifs is 1. The number of benzene rings is 1. The van der Waals surface area contributed by atoms with Crippen molar-refractivity contribution in [3.05, 3.63) is 52.7 Å². The Hall–Kier alpha value is -2.74. The van der Waals surface area contributed by atoms with Crippen molar-refractivity contribution in [1.82, 2.24) is 4.98 Å². The summed E-state index contributed by atoms with van der Waals surface area (Å²) in [6.07, 6.45) is -0.0675. The molecule has 2 amide bonds. The van der Waals surface area contributed by atoms with Gasteiger partial charge in [-0.15, -0.1) is 11.6 Å². The summed E-state index contributed by atoms with van der Waals surface area (Å²) in [4.78, 5) is 29.6. The molecule has 0 saturated heterocycles. The molecule has 1 aliphatic rings. The number of nitrogens with zero attached hydrogens (tertiary/aromatic N) is 2. The molecule has 3 rings (SSSR count). The minimum Gasteiger partial charge on any atom is -0.474 e. The van der Waals surface area contributed by atoms with E-state index >= 15 is 0 Å². The van der Waals surface area contributed by atoms with Gasteiger partial charge in [-0.3, -0.25) is 9.59 Å². The fourth-order valence-corrected chi connectivity index (χ4v) is 3.11. The van der Waals surface area contributed by atoms with E-state index < -0.39 is 17.5 Å². The number of anilines is 1. The Balaban J connectivity index is 2.11. The first-order valence-electron chi connectivity index (χ1n) is 8.10. The zero-order chi connectivity index (χ0) is 19.7. The first kappa shape index (κ1) is 19.0. The fourth-order valence-electron chi connectivity index (χ4n) is 2.98. The van der Waals surface area contributed by atoms with E-state index in [9.17, 15) is 18.4 Å². The highest BCUT2D eigenvalue weighted by Gasteiger charge is 2.32. The topological polar surface area (TPSA) is 85.5 Å². The van der Waals surface area contributed by atoms with Crippen LogP contribution < -0.4 is 15.4 Å². The summed E-state index contributed by atoms with van der Waals surface area (Å²) >= 11 is 5.69. The van der Waals surface area contributed by atoms with Crippen molar-refractivity contribution < 1.29 is 23.1 Å². The van der Waals surface area contributed by atoms with Gasteiger partial charge in [0.05, 0.1) is 6.04 Å². The van der Waals surface area contributed by atoms with Crippen LogP contribution in [0.3, 0.4) is 0 Å². The summed E-state index contributed by atoms with van der Waals surface area (Å²) in [6, 6.07) is 4.34. The number of hydrogen-bond donors (Lipinski definition) is 1. The van der Waals surface area contributed by atoms with Gasteiger partial charge in [-0.05, 0) is 30.2 Å². The SMILES string of the molecule is CC1COc2nc(C(N)=O)c(Cc3ccc(F)cc3F)cc2N1C(=O)CCl. The van der Waals surface area contributed by atoms with Gasteiger partial charge < -0.3 is 15.4 Å². The molecule has 2 heterocycles. The quantitative estimate of drug-likeness (QED) is 0.805. The molecule has 0 saturated carbocycles. The molecule has 0 fully saturated rings. The van der Waals surface area contributed by atoms with E-state index in [0.717, 1.165) is 12.1 Å². The van der Waals surface area contributed by atoms with Gasteiger partial charge in [0, 0.05) is 12.5 Å². The molecule has 9 heteroatoms. The van der Waals surface area contributed by atoms with E-state index in [-0.39, 0.29) is 53.6 Å². The van der Waals surface area contributed by atoms with Crippen LogP contribution in [0.25, 0.3) is 0 Å². The van der Waals surface area contributed by atoms with Crippen LogP contribution in [0.5, 0.6) is 5.88 Å². The van der Waals surface area contributed by atoms with E-state index in [1.807, 2.05) is 0 Å². The molecule has 0 radical (unpaired) electrons. The van der Waals surface area contributed by atoms with Gasteiger partial charge in [0.25, 0.3) is 5.91 Å². The molecule has 0 spiro atoms. The number of hydrogen-bond acceptors (Lipinski definition) is 4. The first-order valence-corrected chi connectivity index (χ1v) is 8.63. The van der Waals surface area contributed by atoms with Crippen molar-refractivity contribution in [3.8, 4) is 5.88 Å². The molecule has 1 atom stereocenters. The summed E-state index contributed by atoms with van der Waals surface area (Å²) in [5.74, 6) is -2.83. The summed E-state index contributed by atoms with van der Waals surface area (Å²) in [5, 5.41) is 0. The van der Waals surface area contributed by atoms with E-state index in [2.05, 4.69) is 4.98 Å². The Morgan fingerprint density at radius 1 is 1.33 bits per heavy atom. The van der Waals surface area contributed by atoms with Gasteiger partial charge >= 0.3 is 0 Å². The zero-order valence-corrected chi connectivity index (χ0v) is 15.1. The predicted molar refractivity (Wildman–Crippen MR) is 95.1 cm³/mol. The first-order chi connectivity index (χ1) is 12.8. The second-order valence-electron chi connectivity index (χ2n) is 6.15. The van der Waals surface area contributed by atoms with Crippen molar-refractivity contribution >= 4 is 29.1 Å². The molecule has 6 nitrogen and oxygen atoms in total. The molecule has 1 aromatic heterocycles. The minimum atomic E-state index is -0.826. The maximum atomic E-state index is 14.0. The molecule has 27 heavy (non-hydrogen) atoms. The van der Waals surface area contributed by atoms with Crippen LogP contribution in [0.1, 0.15) is 28.5 Å². The van der Waals surface area contributed by atoms with E-state index in [0.29, 0.717) is 5.69 Å². The number of nitrogens with two attached hydrogens (primary N) is 1. The largest absolute Gasteiger partial charge is 0.474 e. The number of halogens is 3. The Labute approximate surface area is 158 Å². The van der Waals surface area contributed by atoms with Crippen LogP contribution in [0.4, 0.5) is 14.5 Å². The number of ether oxygens (including phenoxy) is 1. The molecular weight excluding hydrogens is 380 g/mol. The van der Waals surface area contributed by atoms with Gasteiger partial charge in [0.15, 0.2) is 0 Å². The Bertz CT molecular complexity index is 923. The lowest BCUT2D eigenvalue weighted by Crippen LogP contribution is -2.46. The van der Waals surface area contributed by atoms with Gasteiger partial charge in [-0.2, -0.15) is 0 Å². The molecule has 0 bridgehead atoms. The molecule has 142 valence electrons. The minimum absolute atomic E-state index is 0.0675. The third-order valence-electron chi connectivity index (χ3n) is 4.22. The van der Waals surface area contributed by atoms with E-state index in [1.165, 1.54) is 17.0 Å². The molecule has 1 aliphatic heterocycles. The summed E-state index contributed by atoms with van der Waals surface area (Å²) in [6.45, 7) is 1.95. The van der Waals surface area contributed by atoms with Crippen LogP contribution in [-0.4, -0.2) is 35.3 Å². The van der Waals surface area contributed by atoms with Crippen molar-refractivity contribution in [2.75, 3.05) is 17.4 Å². The van der Waals surface area contributed by atoms with Gasteiger partial charge in [0.2, 0.25) is 11.8 Å². The predicted octanol–water partition coefficient (Wildman–Crippen LogP) is 2.40. The van der Waals surface area contributed by atoms with E-state index in [1.54, 1.807) is 6.92 Å². The Morgan fingerprint density at radius 3 is 2.70 bits per heavy atom. The van der Waals surface area contributed by atoms with E-state index in [4.69, 9.17) is 22.1 Å². The highest BCUT2D eigenvalue weighted by Crippen LogP contribution is 2.35. The zero-order valence-electron chi connectivity index (χ0n) is 14.3. The molecule has 2 N–H and O–H groups in total. The summed E-state index contributed by atoms with van der Waals surface area (Å²) in [5.41, 5.74) is 6.06. The monoisotopic (exact) mass is 395 g/mol. The van der Waals surface area contributed by atoms with Crippen molar-refractivity contribution in [2.24, 2.45) is 5.73 Å². The normalized spacial score (nSPS) is 15.9. The Kier molecular flexibility index (Phi) is 5.27. The second-order valence-corrected chi connectivity index (χ2v) is 6.42. The van der Waals surface area contributed by atoms with Gasteiger partial charge in [-0.1, -0.05) is 6.07 Å². The standard InChI is InChI=1S/C18H16ClF2N3O3/c1-9-8-27-18-14(24(9)15(25)7-19)5-11(16(23-18)17(22)26)4-10-2-3-12(20)6-13(10)21/h2-3,5-6,9H,4,7-8H2,1H3,(H2,22,26). The van der Waals surface area contributed by atoms with Gasteiger partial charge in [-0.25, -0.2) is 13.8 Å². The number of alkyl halides is 1. The highest BCUT2D eigenvalue weighted by atomic mass is 35.5. The number of rotatable bonds is 4.